The summed E-state index contributed by atoms with van der Waals surface area (Å²) in [4.78, 5) is 12.3. The molecule has 1 aromatic carbocycles. The molecule has 2 atom stereocenters. The average Bonchev–Trinajstić information content (AvgIpc) is 2.47. The third-order valence-electron chi connectivity index (χ3n) is 4.12. The molecule has 2 unspecified atom stereocenters. The number of rotatable bonds is 4. The zero-order chi connectivity index (χ0) is 13.0. The van der Waals surface area contributed by atoms with Crippen molar-refractivity contribution in [3.63, 3.8) is 0 Å². The highest BCUT2D eigenvalue weighted by molar-refractivity contribution is 5.97. The van der Waals surface area contributed by atoms with Gasteiger partial charge >= 0.3 is 0 Å². The van der Waals surface area contributed by atoms with Crippen LogP contribution in [-0.2, 0) is 0 Å². The van der Waals surface area contributed by atoms with Gasteiger partial charge in [0.2, 0.25) is 0 Å². The summed E-state index contributed by atoms with van der Waals surface area (Å²) < 4.78 is 0. The Morgan fingerprint density at radius 1 is 1.17 bits per heavy atom. The van der Waals surface area contributed by atoms with Gasteiger partial charge < -0.3 is 5.11 Å². The van der Waals surface area contributed by atoms with E-state index in [-0.39, 0.29) is 11.7 Å². The Bertz CT molecular complexity index is 379. The molecule has 1 N–H and O–H groups in total. The van der Waals surface area contributed by atoms with Crippen molar-refractivity contribution in [2.45, 2.75) is 45.1 Å². The summed E-state index contributed by atoms with van der Waals surface area (Å²) in [6, 6.07) is 9.29. The fourth-order valence-corrected chi connectivity index (χ4v) is 2.90. The molecular formula is C16H22O2. The Labute approximate surface area is 109 Å². The molecule has 98 valence electrons. The number of Topliss-reactive ketones (excluding diaryl/α,β-unsaturated/α-hetero) is 1. The topological polar surface area (TPSA) is 37.3 Å². The van der Waals surface area contributed by atoms with E-state index in [0.29, 0.717) is 11.5 Å². The highest BCUT2D eigenvalue weighted by atomic mass is 16.3. The van der Waals surface area contributed by atoms with E-state index in [2.05, 4.69) is 0 Å². The van der Waals surface area contributed by atoms with Gasteiger partial charge in [-0.3, -0.25) is 4.79 Å². The lowest BCUT2D eigenvalue weighted by Gasteiger charge is -2.29. The molecule has 0 spiro atoms. The monoisotopic (exact) mass is 246 g/mol. The van der Waals surface area contributed by atoms with Crippen molar-refractivity contribution in [1.29, 1.82) is 0 Å². The maximum absolute atomic E-state index is 12.3. The molecule has 18 heavy (non-hydrogen) atoms. The summed E-state index contributed by atoms with van der Waals surface area (Å²) >= 11 is 0. The Morgan fingerprint density at radius 3 is 2.39 bits per heavy atom. The Morgan fingerprint density at radius 2 is 1.78 bits per heavy atom. The van der Waals surface area contributed by atoms with Gasteiger partial charge in [-0.25, -0.2) is 0 Å². The lowest BCUT2D eigenvalue weighted by Crippen LogP contribution is -2.33. The zero-order valence-corrected chi connectivity index (χ0v) is 11.0. The fourth-order valence-electron chi connectivity index (χ4n) is 2.90. The van der Waals surface area contributed by atoms with Crippen LogP contribution in [0, 0.1) is 11.8 Å². The van der Waals surface area contributed by atoms with Crippen LogP contribution in [0.5, 0.6) is 0 Å². The first-order chi connectivity index (χ1) is 8.70. The molecule has 0 heterocycles. The predicted molar refractivity (Wildman–Crippen MR) is 72.5 cm³/mol. The Balaban J connectivity index is 2.01. The first-order valence-electron chi connectivity index (χ1n) is 6.97. The normalized spacial score (nSPS) is 20.3. The maximum Gasteiger partial charge on any atom is 0.168 e. The summed E-state index contributed by atoms with van der Waals surface area (Å²) in [5.74, 6) is 0.0746. The van der Waals surface area contributed by atoms with Crippen LogP contribution in [0.4, 0.5) is 0 Å². The number of aliphatic hydroxyl groups is 1. The van der Waals surface area contributed by atoms with Gasteiger partial charge in [-0.05, 0) is 18.8 Å². The van der Waals surface area contributed by atoms with E-state index in [4.69, 9.17) is 0 Å². The summed E-state index contributed by atoms with van der Waals surface area (Å²) in [5.41, 5.74) is 0.708. The van der Waals surface area contributed by atoms with E-state index in [1.807, 2.05) is 37.3 Å². The van der Waals surface area contributed by atoms with Crippen LogP contribution >= 0.6 is 0 Å². The van der Waals surface area contributed by atoms with E-state index in [1.54, 1.807) is 0 Å². The summed E-state index contributed by atoms with van der Waals surface area (Å²) in [7, 11) is 0. The standard InChI is InChI=1S/C16H22O2/c1-12(15(17)13-8-4-2-5-9-13)16(18)14-10-6-3-7-11-14/h2,4-5,8-9,12,14,16,18H,3,6-7,10-11H2,1H3. The smallest absolute Gasteiger partial charge is 0.168 e. The predicted octanol–water partition coefficient (Wildman–Crippen LogP) is 3.45. The van der Waals surface area contributed by atoms with Gasteiger partial charge in [0, 0.05) is 11.5 Å². The molecule has 0 aromatic heterocycles. The van der Waals surface area contributed by atoms with Crippen LogP contribution in [0.3, 0.4) is 0 Å². The molecule has 0 radical (unpaired) electrons. The van der Waals surface area contributed by atoms with E-state index in [1.165, 1.54) is 19.3 Å². The highest BCUT2D eigenvalue weighted by Gasteiger charge is 2.30. The van der Waals surface area contributed by atoms with Crippen LogP contribution in [0.1, 0.15) is 49.4 Å². The van der Waals surface area contributed by atoms with E-state index in [9.17, 15) is 9.90 Å². The molecule has 0 aliphatic heterocycles. The minimum atomic E-state index is -0.488. The van der Waals surface area contributed by atoms with E-state index < -0.39 is 6.10 Å². The fraction of sp³-hybridized carbons (Fsp3) is 0.562. The van der Waals surface area contributed by atoms with Crippen LogP contribution in [0.25, 0.3) is 0 Å². The van der Waals surface area contributed by atoms with Crippen molar-refractivity contribution in [3.05, 3.63) is 35.9 Å². The summed E-state index contributed by atoms with van der Waals surface area (Å²) in [6.07, 6.45) is 5.28. The van der Waals surface area contributed by atoms with Crippen molar-refractivity contribution >= 4 is 5.78 Å². The molecule has 1 aliphatic rings. The van der Waals surface area contributed by atoms with Crippen molar-refractivity contribution in [2.75, 3.05) is 0 Å². The molecule has 1 aliphatic carbocycles. The van der Waals surface area contributed by atoms with E-state index >= 15 is 0 Å². The van der Waals surface area contributed by atoms with Crippen molar-refractivity contribution < 1.29 is 9.90 Å². The number of benzene rings is 1. The molecule has 2 heteroatoms. The number of hydrogen-bond donors (Lipinski definition) is 1. The lowest BCUT2D eigenvalue weighted by atomic mass is 9.79. The number of aliphatic hydroxyl groups excluding tert-OH is 1. The van der Waals surface area contributed by atoms with Gasteiger partial charge in [0.1, 0.15) is 0 Å². The molecule has 2 rings (SSSR count). The number of hydrogen-bond acceptors (Lipinski definition) is 2. The molecule has 1 saturated carbocycles. The third kappa shape index (κ3) is 2.99. The summed E-state index contributed by atoms with van der Waals surface area (Å²) in [5, 5.41) is 10.4. The SMILES string of the molecule is CC(C(=O)c1ccccc1)C(O)C1CCCCC1. The lowest BCUT2D eigenvalue weighted by molar-refractivity contribution is 0.0360. The maximum atomic E-state index is 12.3. The molecule has 1 aromatic rings. The first-order valence-corrected chi connectivity index (χ1v) is 6.97. The van der Waals surface area contributed by atoms with Crippen LogP contribution < -0.4 is 0 Å². The minimum absolute atomic E-state index is 0.0636. The molecular weight excluding hydrogens is 224 g/mol. The second-order valence-corrected chi connectivity index (χ2v) is 5.41. The molecule has 0 bridgehead atoms. The second kappa shape index (κ2) is 6.14. The van der Waals surface area contributed by atoms with Crippen LogP contribution in [0.2, 0.25) is 0 Å². The quantitative estimate of drug-likeness (QED) is 0.826. The Kier molecular flexibility index (Phi) is 4.54. The van der Waals surface area contributed by atoms with Gasteiger partial charge in [0.05, 0.1) is 6.10 Å². The van der Waals surface area contributed by atoms with Crippen molar-refractivity contribution in [2.24, 2.45) is 11.8 Å². The van der Waals surface area contributed by atoms with Crippen molar-refractivity contribution in [3.8, 4) is 0 Å². The van der Waals surface area contributed by atoms with Crippen molar-refractivity contribution in [1.82, 2.24) is 0 Å². The van der Waals surface area contributed by atoms with Gasteiger partial charge in [0.25, 0.3) is 0 Å². The number of carbonyl (C=O) groups excluding carboxylic acids is 1. The first kappa shape index (κ1) is 13.3. The van der Waals surface area contributed by atoms with Gasteiger partial charge in [-0.1, -0.05) is 56.5 Å². The minimum Gasteiger partial charge on any atom is -0.392 e. The molecule has 0 saturated heterocycles. The zero-order valence-electron chi connectivity index (χ0n) is 11.0. The van der Waals surface area contributed by atoms with Gasteiger partial charge in [0.15, 0.2) is 5.78 Å². The number of carbonyl (C=O) groups is 1. The second-order valence-electron chi connectivity index (χ2n) is 5.41. The number of ketones is 1. The molecule has 2 nitrogen and oxygen atoms in total. The molecule has 1 fully saturated rings. The van der Waals surface area contributed by atoms with Gasteiger partial charge in [-0.15, -0.1) is 0 Å². The summed E-state index contributed by atoms with van der Waals surface area (Å²) in [6.45, 7) is 1.86. The van der Waals surface area contributed by atoms with E-state index in [0.717, 1.165) is 12.8 Å². The third-order valence-corrected chi connectivity index (χ3v) is 4.12. The van der Waals surface area contributed by atoms with Crippen LogP contribution in [0.15, 0.2) is 30.3 Å². The van der Waals surface area contributed by atoms with Crippen LogP contribution in [-0.4, -0.2) is 17.0 Å². The largest absolute Gasteiger partial charge is 0.392 e. The highest BCUT2D eigenvalue weighted by Crippen LogP contribution is 2.30. The Hall–Kier alpha value is -1.15. The average molecular weight is 246 g/mol. The molecule has 0 amide bonds. The van der Waals surface area contributed by atoms with Gasteiger partial charge in [-0.2, -0.15) is 0 Å².